The standard InChI is InChI=1S/C21H14O2/c22-19-17-13-7-8-14-18(17)20(23)21(19,15-9-3-1-4-10-15)16-11-5-2-6-12-16/h1-14H. The summed E-state index contributed by atoms with van der Waals surface area (Å²) in [5, 5.41) is 0. The predicted molar refractivity (Wildman–Crippen MR) is 88.8 cm³/mol. The van der Waals surface area contributed by atoms with Crippen molar-refractivity contribution in [1.82, 2.24) is 0 Å². The molecule has 0 N–H and O–H groups in total. The minimum Gasteiger partial charge on any atom is -0.292 e. The highest BCUT2D eigenvalue weighted by molar-refractivity contribution is 6.35. The van der Waals surface area contributed by atoms with Crippen molar-refractivity contribution in [3.63, 3.8) is 0 Å². The number of Topliss-reactive ketones (excluding diaryl/α,β-unsaturated/α-hetero) is 2. The maximum atomic E-state index is 13.3. The summed E-state index contributed by atoms with van der Waals surface area (Å²) in [5.74, 6) is -0.286. The number of rotatable bonds is 2. The predicted octanol–water partition coefficient (Wildman–Crippen LogP) is 4.05. The summed E-state index contributed by atoms with van der Waals surface area (Å²) in [4.78, 5) is 26.6. The van der Waals surface area contributed by atoms with Crippen LogP contribution in [0.1, 0.15) is 31.8 Å². The molecule has 0 unspecified atom stereocenters. The number of benzene rings is 3. The molecule has 1 aliphatic rings. The fraction of sp³-hybridized carbons (Fsp3) is 0.0476. The summed E-state index contributed by atoms with van der Waals surface area (Å²) < 4.78 is 0. The van der Waals surface area contributed by atoms with E-state index in [1.807, 2.05) is 60.7 Å². The van der Waals surface area contributed by atoms with Gasteiger partial charge in [-0.1, -0.05) is 84.9 Å². The second-order valence-electron chi connectivity index (χ2n) is 5.69. The minimum atomic E-state index is -1.27. The van der Waals surface area contributed by atoms with Gasteiger partial charge in [0, 0.05) is 11.1 Å². The Labute approximate surface area is 134 Å². The van der Waals surface area contributed by atoms with Crippen molar-refractivity contribution in [2.75, 3.05) is 0 Å². The third-order valence-electron chi connectivity index (χ3n) is 4.51. The average Bonchev–Trinajstić information content (AvgIpc) is 2.86. The van der Waals surface area contributed by atoms with E-state index in [9.17, 15) is 9.59 Å². The molecule has 4 rings (SSSR count). The number of hydrogen-bond donors (Lipinski definition) is 0. The van der Waals surface area contributed by atoms with Crippen LogP contribution < -0.4 is 0 Å². The van der Waals surface area contributed by atoms with E-state index in [2.05, 4.69) is 0 Å². The van der Waals surface area contributed by atoms with Crippen molar-refractivity contribution in [1.29, 1.82) is 0 Å². The zero-order valence-corrected chi connectivity index (χ0v) is 12.4. The Hall–Kier alpha value is -3.00. The molecular formula is C21H14O2. The molecule has 1 aliphatic carbocycles. The third kappa shape index (κ3) is 1.75. The quantitative estimate of drug-likeness (QED) is 0.669. The van der Waals surface area contributed by atoms with Crippen LogP contribution in [-0.2, 0) is 5.41 Å². The molecule has 3 aromatic carbocycles. The Morgan fingerprint density at radius 1 is 0.478 bits per heavy atom. The van der Waals surface area contributed by atoms with Crippen LogP contribution in [0.2, 0.25) is 0 Å². The van der Waals surface area contributed by atoms with Crippen molar-refractivity contribution in [2.45, 2.75) is 5.41 Å². The van der Waals surface area contributed by atoms with Gasteiger partial charge in [0.25, 0.3) is 0 Å². The smallest absolute Gasteiger partial charge is 0.186 e. The average molecular weight is 298 g/mol. The van der Waals surface area contributed by atoms with E-state index in [1.54, 1.807) is 24.3 Å². The molecule has 0 fully saturated rings. The first-order chi connectivity index (χ1) is 11.3. The number of carbonyl (C=O) groups excluding carboxylic acids is 2. The fourth-order valence-corrected chi connectivity index (χ4v) is 3.45. The van der Waals surface area contributed by atoms with Crippen LogP contribution in [0.4, 0.5) is 0 Å². The second-order valence-corrected chi connectivity index (χ2v) is 5.69. The first-order valence-corrected chi connectivity index (χ1v) is 7.56. The molecule has 2 heteroatoms. The zero-order chi connectivity index (χ0) is 15.9. The normalized spacial score (nSPS) is 15.5. The molecule has 0 heterocycles. The summed E-state index contributed by atoms with van der Waals surface area (Å²) in [7, 11) is 0. The Morgan fingerprint density at radius 3 is 1.22 bits per heavy atom. The van der Waals surface area contributed by atoms with Crippen LogP contribution in [0, 0.1) is 0 Å². The lowest BCUT2D eigenvalue weighted by molar-refractivity contribution is 0.0829. The van der Waals surface area contributed by atoms with Crippen molar-refractivity contribution in [3.8, 4) is 0 Å². The zero-order valence-electron chi connectivity index (χ0n) is 12.4. The molecular weight excluding hydrogens is 284 g/mol. The number of hydrogen-bond acceptors (Lipinski definition) is 2. The molecule has 3 aromatic rings. The number of carbonyl (C=O) groups is 2. The Balaban J connectivity index is 2.07. The van der Waals surface area contributed by atoms with Gasteiger partial charge in [0.05, 0.1) is 0 Å². The molecule has 0 spiro atoms. The molecule has 0 bridgehead atoms. The summed E-state index contributed by atoms with van der Waals surface area (Å²) in [6.45, 7) is 0. The van der Waals surface area contributed by atoms with Crippen LogP contribution >= 0.6 is 0 Å². The SMILES string of the molecule is O=C1c2ccccc2C(=O)C1(c1ccccc1)c1ccccc1. The molecule has 0 radical (unpaired) electrons. The molecule has 0 saturated heterocycles. The Bertz CT molecular complexity index is 819. The fourth-order valence-electron chi connectivity index (χ4n) is 3.45. The summed E-state index contributed by atoms with van der Waals surface area (Å²) >= 11 is 0. The molecule has 0 amide bonds. The van der Waals surface area contributed by atoms with Crippen LogP contribution in [0.3, 0.4) is 0 Å². The maximum Gasteiger partial charge on any atom is 0.186 e. The van der Waals surface area contributed by atoms with Gasteiger partial charge < -0.3 is 0 Å². The highest BCUT2D eigenvalue weighted by Gasteiger charge is 2.55. The van der Waals surface area contributed by atoms with Crippen molar-refractivity contribution in [3.05, 3.63) is 107 Å². The Kier molecular flexibility index (Phi) is 2.98. The molecule has 0 saturated carbocycles. The number of ketones is 2. The second kappa shape index (κ2) is 5.03. The summed E-state index contributed by atoms with van der Waals surface area (Å²) in [5.41, 5.74) is 1.18. The van der Waals surface area contributed by atoms with Crippen LogP contribution in [0.25, 0.3) is 0 Å². The van der Waals surface area contributed by atoms with E-state index >= 15 is 0 Å². The highest BCUT2D eigenvalue weighted by Crippen LogP contribution is 2.44. The van der Waals surface area contributed by atoms with Gasteiger partial charge in [-0.2, -0.15) is 0 Å². The van der Waals surface area contributed by atoms with Gasteiger partial charge in [0.2, 0.25) is 0 Å². The molecule has 0 aliphatic heterocycles. The van der Waals surface area contributed by atoms with Gasteiger partial charge in [0.1, 0.15) is 5.41 Å². The molecule has 0 atom stereocenters. The van der Waals surface area contributed by atoms with Gasteiger partial charge >= 0.3 is 0 Å². The van der Waals surface area contributed by atoms with Crippen LogP contribution in [0.15, 0.2) is 84.9 Å². The monoisotopic (exact) mass is 298 g/mol. The van der Waals surface area contributed by atoms with Gasteiger partial charge in [0.15, 0.2) is 11.6 Å². The van der Waals surface area contributed by atoms with Gasteiger partial charge in [-0.05, 0) is 11.1 Å². The van der Waals surface area contributed by atoms with Gasteiger partial charge in [-0.15, -0.1) is 0 Å². The van der Waals surface area contributed by atoms with Gasteiger partial charge in [-0.25, -0.2) is 0 Å². The number of fused-ring (bicyclic) bond motifs is 1. The van der Waals surface area contributed by atoms with E-state index in [0.29, 0.717) is 11.1 Å². The summed E-state index contributed by atoms with van der Waals surface area (Å²) in [6.07, 6.45) is 0. The maximum absolute atomic E-state index is 13.3. The van der Waals surface area contributed by atoms with Crippen molar-refractivity contribution in [2.24, 2.45) is 0 Å². The third-order valence-corrected chi connectivity index (χ3v) is 4.51. The lowest BCUT2D eigenvalue weighted by atomic mass is 9.70. The van der Waals surface area contributed by atoms with E-state index in [1.165, 1.54) is 0 Å². The highest BCUT2D eigenvalue weighted by atomic mass is 16.2. The minimum absolute atomic E-state index is 0.143. The van der Waals surface area contributed by atoms with Crippen LogP contribution in [-0.4, -0.2) is 11.6 Å². The van der Waals surface area contributed by atoms with E-state index in [0.717, 1.165) is 11.1 Å². The Morgan fingerprint density at radius 2 is 0.826 bits per heavy atom. The largest absolute Gasteiger partial charge is 0.292 e. The lowest BCUT2D eigenvalue weighted by Gasteiger charge is -2.27. The first-order valence-electron chi connectivity index (χ1n) is 7.56. The van der Waals surface area contributed by atoms with Crippen molar-refractivity contribution >= 4 is 11.6 Å². The lowest BCUT2D eigenvalue weighted by Crippen LogP contribution is -2.39. The van der Waals surface area contributed by atoms with Crippen molar-refractivity contribution < 1.29 is 9.59 Å². The summed E-state index contributed by atoms with van der Waals surface area (Å²) in [6, 6.07) is 25.7. The first kappa shape index (κ1) is 13.6. The molecule has 110 valence electrons. The topological polar surface area (TPSA) is 34.1 Å². The van der Waals surface area contributed by atoms with E-state index < -0.39 is 5.41 Å². The van der Waals surface area contributed by atoms with Crippen LogP contribution in [0.5, 0.6) is 0 Å². The van der Waals surface area contributed by atoms with Gasteiger partial charge in [-0.3, -0.25) is 9.59 Å². The molecule has 2 nitrogen and oxygen atoms in total. The van der Waals surface area contributed by atoms with E-state index in [-0.39, 0.29) is 11.6 Å². The van der Waals surface area contributed by atoms with E-state index in [4.69, 9.17) is 0 Å². The molecule has 23 heavy (non-hydrogen) atoms. The molecule has 0 aromatic heterocycles.